The van der Waals surface area contributed by atoms with Crippen LogP contribution in [-0.2, 0) is 0 Å². The van der Waals surface area contributed by atoms with E-state index in [-0.39, 0.29) is 10.6 Å². The number of carbonyl (C=O) groups is 1. The van der Waals surface area contributed by atoms with Gasteiger partial charge in [0.15, 0.2) is 0 Å². The summed E-state index contributed by atoms with van der Waals surface area (Å²) in [5, 5.41) is 9.17. The summed E-state index contributed by atoms with van der Waals surface area (Å²) in [6, 6.07) is 5.46. The van der Waals surface area contributed by atoms with Gasteiger partial charge in [-0.1, -0.05) is 24.9 Å². The molecule has 0 aromatic heterocycles. The Morgan fingerprint density at radius 2 is 2.18 bits per heavy atom. The van der Waals surface area contributed by atoms with Crippen LogP contribution in [0.15, 0.2) is 18.2 Å². The first kappa shape index (κ1) is 13.8. The molecule has 0 aliphatic carbocycles. The molecule has 1 rings (SSSR count). The van der Waals surface area contributed by atoms with E-state index in [2.05, 4.69) is 18.7 Å². The fourth-order valence-electron chi connectivity index (χ4n) is 1.76. The van der Waals surface area contributed by atoms with E-state index < -0.39 is 5.97 Å². The van der Waals surface area contributed by atoms with Crippen molar-refractivity contribution in [1.82, 2.24) is 0 Å². The summed E-state index contributed by atoms with van der Waals surface area (Å²) in [7, 11) is 1.99. The van der Waals surface area contributed by atoms with Gasteiger partial charge < -0.3 is 10.0 Å². The first-order valence-corrected chi connectivity index (χ1v) is 6.10. The van der Waals surface area contributed by atoms with Crippen LogP contribution in [0.4, 0.5) is 5.69 Å². The summed E-state index contributed by atoms with van der Waals surface area (Å²) in [6.07, 6.45) is 2.21. The fraction of sp³-hybridized carbons (Fsp3) is 0.462. The van der Waals surface area contributed by atoms with E-state index in [1.54, 1.807) is 18.2 Å². The number of hydrogen-bond donors (Lipinski definition) is 1. The minimum Gasteiger partial charge on any atom is -0.478 e. The second kappa shape index (κ2) is 5.92. The number of carboxylic acid groups (broad SMARTS) is 1. The summed E-state index contributed by atoms with van der Waals surface area (Å²) in [6.45, 7) is 4.29. The van der Waals surface area contributed by atoms with Crippen LogP contribution in [-0.4, -0.2) is 24.2 Å². The van der Waals surface area contributed by atoms with Crippen LogP contribution in [0.1, 0.15) is 37.0 Å². The minimum absolute atomic E-state index is 0.145. The highest BCUT2D eigenvalue weighted by molar-refractivity contribution is 6.33. The van der Waals surface area contributed by atoms with E-state index in [9.17, 15) is 4.79 Å². The highest BCUT2D eigenvalue weighted by Crippen LogP contribution is 2.25. The van der Waals surface area contributed by atoms with Gasteiger partial charge in [0.05, 0.1) is 10.6 Å². The summed E-state index contributed by atoms with van der Waals surface area (Å²) >= 11 is 5.94. The van der Waals surface area contributed by atoms with Crippen molar-refractivity contribution >= 4 is 23.3 Å². The topological polar surface area (TPSA) is 40.5 Å². The lowest BCUT2D eigenvalue weighted by molar-refractivity contribution is 0.0697. The fourth-order valence-corrected chi connectivity index (χ4v) is 2.02. The molecule has 0 saturated heterocycles. The molecule has 1 aromatic carbocycles. The molecular formula is C13H18ClNO2. The molecule has 0 heterocycles. The number of hydrogen-bond acceptors (Lipinski definition) is 2. The number of carboxylic acids is 1. The molecule has 94 valence electrons. The molecule has 0 bridgehead atoms. The number of halogens is 1. The normalized spacial score (nSPS) is 12.2. The van der Waals surface area contributed by atoms with Crippen LogP contribution >= 0.6 is 11.6 Å². The molecule has 1 unspecified atom stereocenters. The van der Waals surface area contributed by atoms with E-state index in [1.807, 2.05) is 7.05 Å². The van der Waals surface area contributed by atoms with Crippen molar-refractivity contribution in [2.45, 2.75) is 32.7 Å². The van der Waals surface area contributed by atoms with Crippen molar-refractivity contribution in [3.05, 3.63) is 28.8 Å². The van der Waals surface area contributed by atoms with Gasteiger partial charge in [-0.15, -0.1) is 0 Å². The Labute approximate surface area is 107 Å². The molecule has 1 aromatic rings. The minimum atomic E-state index is -0.995. The van der Waals surface area contributed by atoms with E-state index in [0.29, 0.717) is 6.04 Å². The second-order valence-corrected chi connectivity index (χ2v) is 4.63. The molecule has 0 fully saturated rings. The van der Waals surface area contributed by atoms with Crippen molar-refractivity contribution in [3.63, 3.8) is 0 Å². The van der Waals surface area contributed by atoms with E-state index >= 15 is 0 Å². The van der Waals surface area contributed by atoms with Crippen LogP contribution in [0.2, 0.25) is 5.02 Å². The Morgan fingerprint density at radius 3 is 2.65 bits per heavy atom. The predicted octanol–water partition coefficient (Wildman–Crippen LogP) is 3.66. The van der Waals surface area contributed by atoms with Gasteiger partial charge in [0.25, 0.3) is 0 Å². The van der Waals surface area contributed by atoms with Crippen molar-refractivity contribution in [1.29, 1.82) is 0 Å². The molecule has 0 spiro atoms. The molecule has 17 heavy (non-hydrogen) atoms. The van der Waals surface area contributed by atoms with Crippen molar-refractivity contribution in [3.8, 4) is 0 Å². The lowest BCUT2D eigenvalue weighted by Gasteiger charge is -2.27. The zero-order valence-electron chi connectivity index (χ0n) is 10.4. The Kier molecular flexibility index (Phi) is 4.82. The molecule has 3 nitrogen and oxygen atoms in total. The van der Waals surface area contributed by atoms with Crippen LogP contribution in [0.5, 0.6) is 0 Å². The van der Waals surface area contributed by atoms with Gasteiger partial charge >= 0.3 is 5.97 Å². The summed E-state index contributed by atoms with van der Waals surface area (Å²) in [4.78, 5) is 13.0. The Balaban J connectivity index is 2.93. The second-order valence-electron chi connectivity index (χ2n) is 4.22. The van der Waals surface area contributed by atoms with Gasteiger partial charge in [-0.2, -0.15) is 0 Å². The van der Waals surface area contributed by atoms with Gasteiger partial charge in [0, 0.05) is 18.8 Å². The molecule has 0 aliphatic rings. The van der Waals surface area contributed by atoms with Crippen LogP contribution in [0, 0.1) is 0 Å². The molecule has 1 N–H and O–H groups in total. The quantitative estimate of drug-likeness (QED) is 0.873. The lowest BCUT2D eigenvalue weighted by atomic mass is 10.1. The highest BCUT2D eigenvalue weighted by atomic mass is 35.5. The Hall–Kier alpha value is -1.22. The number of rotatable bonds is 5. The van der Waals surface area contributed by atoms with E-state index in [0.717, 1.165) is 18.5 Å². The van der Waals surface area contributed by atoms with Gasteiger partial charge in [-0.05, 0) is 31.5 Å². The maximum absolute atomic E-state index is 10.8. The van der Waals surface area contributed by atoms with Gasteiger partial charge in [-0.3, -0.25) is 0 Å². The Morgan fingerprint density at radius 1 is 1.53 bits per heavy atom. The third-order valence-electron chi connectivity index (χ3n) is 2.96. The average Bonchev–Trinajstić information content (AvgIpc) is 2.27. The lowest BCUT2D eigenvalue weighted by Crippen LogP contribution is -2.28. The molecule has 0 radical (unpaired) electrons. The maximum Gasteiger partial charge on any atom is 0.337 e. The molecule has 1 atom stereocenters. The summed E-state index contributed by atoms with van der Waals surface area (Å²) in [5.74, 6) is -0.995. The zero-order valence-corrected chi connectivity index (χ0v) is 11.2. The first-order valence-electron chi connectivity index (χ1n) is 5.73. The van der Waals surface area contributed by atoms with Crippen molar-refractivity contribution in [2.24, 2.45) is 0 Å². The largest absolute Gasteiger partial charge is 0.478 e. The molecule has 0 amide bonds. The Bertz CT molecular complexity index is 406. The van der Waals surface area contributed by atoms with Crippen molar-refractivity contribution in [2.75, 3.05) is 11.9 Å². The molecule has 0 saturated carbocycles. The molecular weight excluding hydrogens is 238 g/mol. The average molecular weight is 256 g/mol. The SMILES string of the molecule is CCCC(C)N(C)c1ccc(C(=O)O)c(Cl)c1. The highest BCUT2D eigenvalue weighted by Gasteiger charge is 2.13. The maximum atomic E-state index is 10.8. The zero-order chi connectivity index (χ0) is 13.0. The smallest absolute Gasteiger partial charge is 0.337 e. The van der Waals surface area contributed by atoms with Gasteiger partial charge in [0.2, 0.25) is 0 Å². The standard InChI is InChI=1S/C13H18ClNO2/c1-4-5-9(2)15(3)10-6-7-11(13(16)17)12(14)8-10/h6-9H,4-5H2,1-3H3,(H,16,17). The van der Waals surface area contributed by atoms with Crippen LogP contribution in [0.3, 0.4) is 0 Å². The van der Waals surface area contributed by atoms with Crippen molar-refractivity contribution < 1.29 is 9.90 Å². The van der Waals surface area contributed by atoms with E-state index in [1.165, 1.54) is 0 Å². The number of nitrogens with zero attached hydrogens (tertiary/aromatic N) is 1. The summed E-state index contributed by atoms with van der Waals surface area (Å²) in [5.41, 5.74) is 1.09. The monoisotopic (exact) mass is 255 g/mol. The number of anilines is 1. The predicted molar refractivity (Wildman–Crippen MR) is 71.2 cm³/mol. The van der Waals surface area contributed by atoms with Gasteiger partial charge in [0.1, 0.15) is 0 Å². The van der Waals surface area contributed by atoms with Gasteiger partial charge in [-0.25, -0.2) is 4.79 Å². The van der Waals surface area contributed by atoms with E-state index in [4.69, 9.17) is 16.7 Å². The molecule has 4 heteroatoms. The van der Waals surface area contributed by atoms with Crippen LogP contribution in [0.25, 0.3) is 0 Å². The third kappa shape index (κ3) is 3.37. The number of benzene rings is 1. The number of aromatic carboxylic acids is 1. The molecule has 0 aliphatic heterocycles. The first-order chi connectivity index (χ1) is 7.97. The third-order valence-corrected chi connectivity index (χ3v) is 3.27. The van der Waals surface area contributed by atoms with Crippen LogP contribution < -0.4 is 4.90 Å². The summed E-state index contributed by atoms with van der Waals surface area (Å²) < 4.78 is 0.